The topological polar surface area (TPSA) is 99.3 Å². The van der Waals surface area contributed by atoms with E-state index in [0.717, 1.165) is 0 Å². The number of rotatable bonds is 1. The second kappa shape index (κ2) is 2.80. The van der Waals surface area contributed by atoms with Crippen LogP contribution in [0.4, 0.5) is 4.79 Å². The Hall–Kier alpha value is -1.59. The van der Waals surface area contributed by atoms with E-state index in [2.05, 4.69) is 5.32 Å². The molecule has 1 fully saturated rings. The molecule has 0 saturated carbocycles. The fourth-order valence-electron chi connectivity index (χ4n) is 0.967. The number of nitrogens with one attached hydrogen (secondary N) is 2. The lowest BCUT2D eigenvalue weighted by molar-refractivity contribution is -0.123. The van der Waals surface area contributed by atoms with Crippen LogP contribution in [0, 0.1) is 11.3 Å². The standard InChI is InChI=1S/C6H10N4O2/c1-10-2-3(4(7)8)5(11)9-6(10)12/h3H,2H2,1H3,(H3,7,8)(H,9,11,12)/t3-/m0/s1. The molecule has 1 saturated heterocycles. The Morgan fingerprint density at radius 3 is 2.83 bits per heavy atom. The van der Waals surface area contributed by atoms with Crippen LogP contribution in [-0.2, 0) is 4.79 Å². The first kappa shape index (κ1) is 8.51. The van der Waals surface area contributed by atoms with Gasteiger partial charge in [0.2, 0.25) is 5.91 Å². The van der Waals surface area contributed by atoms with Crippen molar-refractivity contribution in [2.24, 2.45) is 11.7 Å². The van der Waals surface area contributed by atoms with Gasteiger partial charge in [-0.15, -0.1) is 0 Å². The van der Waals surface area contributed by atoms with Gasteiger partial charge in [-0.25, -0.2) is 4.79 Å². The van der Waals surface area contributed by atoms with E-state index in [-0.39, 0.29) is 12.4 Å². The third-order valence-corrected chi connectivity index (χ3v) is 1.73. The van der Waals surface area contributed by atoms with Gasteiger partial charge in [0.1, 0.15) is 11.8 Å². The summed E-state index contributed by atoms with van der Waals surface area (Å²) in [4.78, 5) is 23.2. The van der Waals surface area contributed by atoms with Crippen LogP contribution in [0.3, 0.4) is 0 Å². The lowest BCUT2D eigenvalue weighted by Gasteiger charge is -2.27. The zero-order valence-corrected chi connectivity index (χ0v) is 6.63. The molecule has 0 radical (unpaired) electrons. The summed E-state index contributed by atoms with van der Waals surface area (Å²) in [6.07, 6.45) is 0. The van der Waals surface area contributed by atoms with Crippen molar-refractivity contribution in [1.29, 1.82) is 5.41 Å². The molecule has 1 rings (SSSR count). The summed E-state index contributed by atoms with van der Waals surface area (Å²) in [5.74, 6) is -1.41. The van der Waals surface area contributed by atoms with E-state index in [1.54, 1.807) is 0 Å². The van der Waals surface area contributed by atoms with Gasteiger partial charge in [0, 0.05) is 13.6 Å². The Balaban J connectivity index is 2.74. The number of amides is 3. The Morgan fingerprint density at radius 1 is 1.75 bits per heavy atom. The van der Waals surface area contributed by atoms with E-state index in [4.69, 9.17) is 11.1 Å². The van der Waals surface area contributed by atoms with Crippen LogP contribution < -0.4 is 11.1 Å². The van der Waals surface area contributed by atoms with Crippen molar-refractivity contribution in [2.75, 3.05) is 13.6 Å². The number of hydrogen-bond donors (Lipinski definition) is 3. The predicted molar refractivity (Wildman–Crippen MR) is 41.6 cm³/mol. The van der Waals surface area contributed by atoms with Gasteiger partial charge in [0.15, 0.2) is 0 Å². The van der Waals surface area contributed by atoms with Crippen molar-refractivity contribution in [3.63, 3.8) is 0 Å². The Kier molecular flexibility index (Phi) is 1.99. The number of amidine groups is 1. The zero-order valence-electron chi connectivity index (χ0n) is 6.63. The average Bonchev–Trinajstić information content (AvgIpc) is 1.96. The Bertz CT molecular complexity index is 250. The summed E-state index contributed by atoms with van der Waals surface area (Å²) in [5.41, 5.74) is 5.15. The Labute approximate surface area is 69.2 Å². The molecule has 0 aromatic rings. The number of nitrogens with two attached hydrogens (primary N) is 1. The summed E-state index contributed by atoms with van der Waals surface area (Å²) in [5, 5.41) is 9.14. The summed E-state index contributed by atoms with van der Waals surface area (Å²) in [6.45, 7) is 0.181. The van der Waals surface area contributed by atoms with E-state index in [1.807, 2.05) is 0 Å². The third-order valence-electron chi connectivity index (χ3n) is 1.73. The Morgan fingerprint density at radius 2 is 2.33 bits per heavy atom. The SMILES string of the molecule is CN1C[C@@H](C(=N)N)C(=O)NC1=O. The third kappa shape index (κ3) is 1.36. The first-order valence-electron chi connectivity index (χ1n) is 3.42. The van der Waals surface area contributed by atoms with Gasteiger partial charge in [-0.1, -0.05) is 0 Å². The van der Waals surface area contributed by atoms with Gasteiger partial charge in [-0.2, -0.15) is 0 Å². The summed E-state index contributed by atoms with van der Waals surface area (Å²) in [6, 6.07) is -0.447. The van der Waals surface area contributed by atoms with Crippen molar-refractivity contribution in [1.82, 2.24) is 10.2 Å². The number of imide groups is 1. The molecular formula is C6H10N4O2. The molecule has 0 aromatic heterocycles. The second-order valence-electron chi connectivity index (χ2n) is 2.68. The van der Waals surface area contributed by atoms with Crippen molar-refractivity contribution in [3.8, 4) is 0 Å². The second-order valence-corrected chi connectivity index (χ2v) is 2.68. The molecule has 6 heteroatoms. The highest BCUT2D eigenvalue weighted by atomic mass is 16.2. The highest BCUT2D eigenvalue weighted by Crippen LogP contribution is 2.05. The van der Waals surface area contributed by atoms with E-state index >= 15 is 0 Å². The highest BCUT2D eigenvalue weighted by Gasteiger charge is 2.31. The average molecular weight is 170 g/mol. The molecular weight excluding hydrogens is 160 g/mol. The number of carbonyl (C=O) groups is 2. The van der Waals surface area contributed by atoms with Crippen LogP contribution in [0.5, 0.6) is 0 Å². The van der Waals surface area contributed by atoms with Gasteiger partial charge in [0.25, 0.3) is 0 Å². The maximum atomic E-state index is 11.0. The highest BCUT2D eigenvalue weighted by molar-refractivity contribution is 6.08. The largest absolute Gasteiger partial charge is 0.387 e. The van der Waals surface area contributed by atoms with E-state index in [1.165, 1.54) is 11.9 Å². The van der Waals surface area contributed by atoms with E-state index in [0.29, 0.717) is 0 Å². The molecule has 1 heterocycles. The minimum Gasteiger partial charge on any atom is -0.387 e. The van der Waals surface area contributed by atoms with Crippen LogP contribution in [0.1, 0.15) is 0 Å². The fraction of sp³-hybridized carbons (Fsp3) is 0.500. The summed E-state index contributed by atoms with van der Waals surface area (Å²) in [7, 11) is 1.54. The normalized spacial score (nSPS) is 23.8. The predicted octanol–water partition coefficient (Wildman–Crippen LogP) is -1.28. The van der Waals surface area contributed by atoms with E-state index < -0.39 is 17.9 Å². The van der Waals surface area contributed by atoms with Crippen LogP contribution >= 0.6 is 0 Å². The van der Waals surface area contributed by atoms with Crippen molar-refractivity contribution < 1.29 is 9.59 Å². The quantitative estimate of drug-likeness (QED) is 0.337. The van der Waals surface area contributed by atoms with Crippen molar-refractivity contribution >= 4 is 17.8 Å². The molecule has 12 heavy (non-hydrogen) atoms. The van der Waals surface area contributed by atoms with Crippen molar-refractivity contribution in [3.05, 3.63) is 0 Å². The zero-order chi connectivity index (χ0) is 9.30. The first-order chi connectivity index (χ1) is 5.52. The van der Waals surface area contributed by atoms with Gasteiger partial charge >= 0.3 is 6.03 Å². The minimum absolute atomic E-state index is 0.181. The van der Waals surface area contributed by atoms with Crippen LogP contribution in [-0.4, -0.2) is 36.3 Å². The van der Waals surface area contributed by atoms with E-state index in [9.17, 15) is 9.59 Å². The lowest BCUT2D eigenvalue weighted by Crippen LogP contribution is -2.56. The summed E-state index contributed by atoms with van der Waals surface area (Å²) >= 11 is 0. The van der Waals surface area contributed by atoms with Gasteiger partial charge in [-0.05, 0) is 0 Å². The molecule has 3 amide bonds. The van der Waals surface area contributed by atoms with Crippen LogP contribution in [0.2, 0.25) is 0 Å². The maximum Gasteiger partial charge on any atom is 0.323 e. The molecule has 1 aliphatic heterocycles. The number of hydrogen-bond acceptors (Lipinski definition) is 3. The van der Waals surface area contributed by atoms with Crippen LogP contribution in [0.25, 0.3) is 0 Å². The minimum atomic E-state index is -0.701. The number of nitrogens with zero attached hydrogens (tertiary/aromatic N) is 1. The molecule has 66 valence electrons. The van der Waals surface area contributed by atoms with Crippen molar-refractivity contribution in [2.45, 2.75) is 0 Å². The molecule has 0 aromatic carbocycles. The monoisotopic (exact) mass is 170 g/mol. The lowest BCUT2D eigenvalue weighted by atomic mass is 10.1. The summed E-state index contributed by atoms with van der Waals surface area (Å²) < 4.78 is 0. The van der Waals surface area contributed by atoms with Gasteiger partial charge in [0.05, 0.1) is 0 Å². The molecule has 0 bridgehead atoms. The molecule has 1 aliphatic rings. The first-order valence-corrected chi connectivity index (χ1v) is 3.42. The smallest absolute Gasteiger partial charge is 0.323 e. The van der Waals surface area contributed by atoms with Crippen LogP contribution in [0.15, 0.2) is 0 Å². The molecule has 6 nitrogen and oxygen atoms in total. The van der Waals surface area contributed by atoms with Gasteiger partial charge < -0.3 is 10.6 Å². The van der Waals surface area contributed by atoms with Gasteiger partial charge in [-0.3, -0.25) is 15.5 Å². The number of carbonyl (C=O) groups excluding carboxylic acids is 2. The molecule has 0 spiro atoms. The molecule has 0 aliphatic carbocycles. The fourth-order valence-corrected chi connectivity index (χ4v) is 0.967. The molecule has 1 atom stereocenters. The molecule has 4 N–H and O–H groups in total. The molecule has 0 unspecified atom stereocenters. The maximum absolute atomic E-state index is 11.0. The number of urea groups is 1.